The summed E-state index contributed by atoms with van der Waals surface area (Å²) in [5, 5.41) is 8.58. The zero-order chi connectivity index (χ0) is 20.9. The van der Waals surface area contributed by atoms with E-state index in [4.69, 9.17) is 4.99 Å². The van der Waals surface area contributed by atoms with E-state index in [0.29, 0.717) is 12.5 Å². The van der Waals surface area contributed by atoms with E-state index in [-0.39, 0.29) is 11.8 Å². The third-order valence-corrected chi connectivity index (χ3v) is 6.52. The number of thiophene rings is 1. The molecule has 2 amide bonds. The van der Waals surface area contributed by atoms with Gasteiger partial charge in [0.25, 0.3) is 0 Å². The zero-order valence-corrected chi connectivity index (χ0v) is 18.0. The van der Waals surface area contributed by atoms with Gasteiger partial charge in [-0.1, -0.05) is 0 Å². The number of likely N-dealkylation sites (tertiary alicyclic amines) is 1. The van der Waals surface area contributed by atoms with E-state index in [0.717, 1.165) is 61.6 Å². The number of carbonyl (C=O) groups is 1. The first-order valence-electron chi connectivity index (χ1n) is 10.5. The number of urea groups is 1. The number of nitrogens with one attached hydrogen (secondary N) is 2. The summed E-state index contributed by atoms with van der Waals surface area (Å²) in [6.07, 6.45) is 4.91. The molecule has 158 valence electrons. The van der Waals surface area contributed by atoms with E-state index >= 15 is 0 Å². The van der Waals surface area contributed by atoms with Crippen LogP contribution >= 0.6 is 11.3 Å². The minimum absolute atomic E-state index is 0.0424. The van der Waals surface area contributed by atoms with E-state index in [1.807, 2.05) is 17.9 Å². The van der Waals surface area contributed by atoms with Gasteiger partial charge in [-0.25, -0.2) is 14.2 Å². The van der Waals surface area contributed by atoms with E-state index < -0.39 is 0 Å². The van der Waals surface area contributed by atoms with Gasteiger partial charge < -0.3 is 15.5 Å². The molecule has 0 saturated carbocycles. The number of benzene rings is 1. The number of amides is 2. The van der Waals surface area contributed by atoms with Crippen LogP contribution in [0.25, 0.3) is 0 Å². The van der Waals surface area contributed by atoms with Crippen molar-refractivity contribution in [2.24, 2.45) is 10.9 Å². The monoisotopic (exact) mass is 426 g/mol. The highest BCUT2D eigenvalue weighted by Crippen LogP contribution is 2.31. The lowest BCUT2D eigenvalue weighted by Crippen LogP contribution is -2.45. The number of allylic oxidation sites excluding steroid dienone is 2. The highest BCUT2D eigenvalue weighted by molar-refractivity contribution is 7.10. The molecule has 2 aliphatic rings. The maximum atomic E-state index is 13.4. The van der Waals surface area contributed by atoms with Gasteiger partial charge in [0.2, 0.25) is 0 Å². The summed E-state index contributed by atoms with van der Waals surface area (Å²) in [6, 6.07) is 8.58. The largest absolute Gasteiger partial charge is 0.388 e. The molecule has 5 nitrogen and oxygen atoms in total. The molecule has 30 heavy (non-hydrogen) atoms. The van der Waals surface area contributed by atoms with Crippen LogP contribution in [0.4, 0.5) is 14.9 Å². The van der Waals surface area contributed by atoms with Crippen LogP contribution < -0.4 is 10.6 Å². The van der Waals surface area contributed by atoms with Crippen molar-refractivity contribution in [1.82, 2.24) is 15.5 Å². The first-order valence-corrected chi connectivity index (χ1v) is 11.4. The Morgan fingerprint density at radius 1 is 1.23 bits per heavy atom. The third kappa shape index (κ3) is 4.90. The van der Waals surface area contributed by atoms with Crippen molar-refractivity contribution in [3.05, 3.63) is 63.7 Å². The third-order valence-electron chi connectivity index (χ3n) is 5.61. The van der Waals surface area contributed by atoms with Crippen molar-refractivity contribution in [3.63, 3.8) is 0 Å². The smallest absolute Gasteiger partial charge is 0.317 e. The maximum absolute atomic E-state index is 13.4. The molecule has 4 rings (SSSR count). The van der Waals surface area contributed by atoms with Crippen molar-refractivity contribution >= 4 is 28.8 Å². The van der Waals surface area contributed by atoms with Crippen molar-refractivity contribution in [2.75, 3.05) is 26.2 Å². The van der Waals surface area contributed by atoms with E-state index in [1.165, 1.54) is 17.0 Å². The molecule has 1 aromatic heterocycles. The van der Waals surface area contributed by atoms with E-state index in [2.05, 4.69) is 22.1 Å². The van der Waals surface area contributed by atoms with Crippen LogP contribution in [0.3, 0.4) is 0 Å². The number of rotatable bonds is 5. The summed E-state index contributed by atoms with van der Waals surface area (Å²) in [7, 11) is 0. The van der Waals surface area contributed by atoms with Crippen molar-refractivity contribution in [1.29, 1.82) is 0 Å². The normalized spacial score (nSPS) is 16.9. The van der Waals surface area contributed by atoms with Crippen LogP contribution in [0.15, 0.2) is 52.5 Å². The summed E-state index contributed by atoms with van der Waals surface area (Å²) in [5.41, 5.74) is 3.87. The van der Waals surface area contributed by atoms with Gasteiger partial charge in [-0.15, -0.1) is 11.3 Å². The predicted molar refractivity (Wildman–Crippen MR) is 120 cm³/mol. The average Bonchev–Trinajstić information content (AvgIpc) is 3.11. The van der Waals surface area contributed by atoms with E-state index in [9.17, 15) is 9.18 Å². The van der Waals surface area contributed by atoms with Gasteiger partial charge in [0.05, 0.1) is 11.4 Å². The average molecular weight is 427 g/mol. The molecule has 0 aliphatic carbocycles. The van der Waals surface area contributed by atoms with Gasteiger partial charge in [0.1, 0.15) is 5.82 Å². The number of halogens is 1. The second-order valence-corrected chi connectivity index (χ2v) is 8.73. The topological polar surface area (TPSA) is 56.7 Å². The lowest BCUT2D eigenvalue weighted by atomic mass is 9.96. The summed E-state index contributed by atoms with van der Waals surface area (Å²) in [4.78, 5) is 20.0. The molecule has 0 spiro atoms. The van der Waals surface area contributed by atoms with Gasteiger partial charge in [0, 0.05) is 48.7 Å². The second-order valence-electron chi connectivity index (χ2n) is 7.73. The van der Waals surface area contributed by atoms with Gasteiger partial charge in [-0.05, 0) is 67.5 Å². The van der Waals surface area contributed by atoms with Crippen molar-refractivity contribution in [3.8, 4) is 0 Å². The Kier molecular flexibility index (Phi) is 6.47. The molecule has 2 aromatic rings. The SMILES string of the molecule is CCNC(=O)N1CCC(CNC2=CC(c3ccc(F)cc3)=Nc3ccsc3C2)CC1. The van der Waals surface area contributed by atoms with Crippen molar-refractivity contribution in [2.45, 2.75) is 26.2 Å². The van der Waals surface area contributed by atoms with Gasteiger partial charge in [-0.2, -0.15) is 0 Å². The molecule has 0 atom stereocenters. The van der Waals surface area contributed by atoms with Gasteiger partial charge >= 0.3 is 6.03 Å². The Hall–Kier alpha value is -2.67. The molecule has 2 aliphatic heterocycles. The number of fused-ring (bicyclic) bond motifs is 1. The predicted octanol–water partition coefficient (Wildman–Crippen LogP) is 4.48. The Bertz CT molecular complexity index is 942. The minimum atomic E-state index is -0.245. The molecular weight excluding hydrogens is 399 g/mol. The Labute approximate surface area is 180 Å². The molecule has 3 heterocycles. The quantitative estimate of drug-likeness (QED) is 0.741. The fourth-order valence-electron chi connectivity index (χ4n) is 3.88. The molecule has 1 saturated heterocycles. The van der Waals surface area contributed by atoms with Crippen LogP contribution in [0.2, 0.25) is 0 Å². The summed E-state index contributed by atoms with van der Waals surface area (Å²) in [6.45, 7) is 5.09. The standard InChI is InChI=1S/C23H27FN4OS/c1-2-25-23(29)28-10-7-16(8-11-28)15-26-19-13-21(17-3-5-18(24)6-4-17)27-20-9-12-30-22(20)14-19/h3-6,9,12-13,16,26H,2,7-8,10-11,14-15H2,1H3,(H,25,29). The van der Waals surface area contributed by atoms with Crippen LogP contribution in [-0.2, 0) is 6.42 Å². The molecule has 1 aromatic carbocycles. The maximum Gasteiger partial charge on any atom is 0.317 e. The lowest BCUT2D eigenvalue weighted by Gasteiger charge is -2.32. The first kappa shape index (κ1) is 20.6. The fourth-order valence-corrected chi connectivity index (χ4v) is 4.71. The fraction of sp³-hybridized carbons (Fsp3) is 0.391. The molecule has 1 fully saturated rings. The van der Waals surface area contributed by atoms with Crippen LogP contribution in [0.5, 0.6) is 0 Å². The number of hydrogen-bond acceptors (Lipinski definition) is 4. The van der Waals surface area contributed by atoms with Crippen molar-refractivity contribution < 1.29 is 9.18 Å². The Morgan fingerprint density at radius 3 is 2.73 bits per heavy atom. The molecule has 0 bridgehead atoms. The summed E-state index contributed by atoms with van der Waals surface area (Å²) >= 11 is 1.71. The number of nitrogens with zero attached hydrogens (tertiary/aromatic N) is 2. The first-order chi connectivity index (χ1) is 14.6. The molecular formula is C23H27FN4OS. The molecule has 2 N–H and O–H groups in total. The van der Waals surface area contributed by atoms with E-state index in [1.54, 1.807) is 23.5 Å². The van der Waals surface area contributed by atoms with Gasteiger partial charge in [-0.3, -0.25) is 0 Å². The molecule has 0 radical (unpaired) electrons. The van der Waals surface area contributed by atoms with Crippen LogP contribution in [-0.4, -0.2) is 42.8 Å². The zero-order valence-electron chi connectivity index (χ0n) is 17.2. The number of aliphatic imine (C=N–C) groups is 1. The highest BCUT2D eigenvalue weighted by atomic mass is 32.1. The van der Waals surface area contributed by atoms with Gasteiger partial charge in [0.15, 0.2) is 0 Å². The Morgan fingerprint density at radius 2 is 2.00 bits per heavy atom. The lowest BCUT2D eigenvalue weighted by molar-refractivity contribution is 0.171. The Balaban J connectivity index is 1.42. The molecule has 0 unspecified atom stereocenters. The van der Waals surface area contributed by atoms with Crippen LogP contribution in [0.1, 0.15) is 30.2 Å². The minimum Gasteiger partial charge on any atom is -0.388 e. The number of piperidine rings is 1. The summed E-state index contributed by atoms with van der Waals surface area (Å²) < 4.78 is 13.4. The number of hydrogen-bond donors (Lipinski definition) is 2. The summed E-state index contributed by atoms with van der Waals surface area (Å²) in [5.74, 6) is 0.291. The number of carbonyl (C=O) groups excluding carboxylic acids is 1. The highest BCUT2D eigenvalue weighted by Gasteiger charge is 2.23. The molecule has 7 heteroatoms. The van der Waals surface area contributed by atoms with Crippen LogP contribution in [0, 0.1) is 11.7 Å². The second kappa shape index (κ2) is 9.43.